The third kappa shape index (κ3) is 4.29. The van der Waals surface area contributed by atoms with Gasteiger partial charge in [-0.2, -0.15) is 0 Å². The van der Waals surface area contributed by atoms with E-state index in [9.17, 15) is 0 Å². The quantitative estimate of drug-likeness (QED) is 0.545. The molecule has 0 unspecified atom stereocenters. The summed E-state index contributed by atoms with van der Waals surface area (Å²) in [6.07, 6.45) is 0. The predicted molar refractivity (Wildman–Crippen MR) is 87.8 cm³/mol. The fraction of sp³-hybridized carbons (Fsp3) is 1.00. The molecule has 0 fully saturated rings. The first-order valence-electron chi connectivity index (χ1n) is 8.11. The molecule has 0 radical (unpaired) electrons. The molecular formula is C16H36O3Si. The molecule has 0 saturated heterocycles. The van der Waals surface area contributed by atoms with Crippen LogP contribution in [-0.2, 0) is 13.3 Å². The van der Waals surface area contributed by atoms with Gasteiger partial charge in [0.25, 0.3) is 0 Å². The average Bonchev–Trinajstić information content (AvgIpc) is 2.27. The molecule has 0 aromatic carbocycles. The second-order valence-corrected chi connectivity index (χ2v) is 9.86. The second-order valence-electron chi connectivity index (χ2n) is 6.59. The summed E-state index contributed by atoms with van der Waals surface area (Å²) in [6, 6.07) is 0. The van der Waals surface area contributed by atoms with Gasteiger partial charge in [-0.3, -0.25) is 0 Å². The minimum absolute atomic E-state index is 0.0998. The molecule has 0 aliphatic heterocycles. The maximum Gasteiger partial charge on any atom is 0.507 e. The fourth-order valence-electron chi connectivity index (χ4n) is 3.89. The first-order chi connectivity index (χ1) is 9.20. The Morgan fingerprint density at radius 3 is 1.25 bits per heavy atom. The zero-order valence-electron chi connectivity index (χ0n) is 15.1. The topological polar surface area (TPSA) is 27.7 Å². The van der Waals surface area contributed by atoms with E-state index < -0.39 is 8.80 Å². The summed E-state index contributed by atoms with van der Waals surface area (Å²) < 4.78 is 18.5. The Balaban J connectivity index is 5.68. The first kappa shape index (κ1) is 20.1. The molecule has 0 N–H and O–H groups in total. The van der Waals surface area contributed by atoms with E-state index in [1.165, 1.54) is 0 Å². The summed E-state index contributed by atoms with van der Waals surface area (Å²) in [5, 5.41) is -0.0998. The van der Waals surface area contributed by atoms with Crippen molar-refractivity contribution < 1.29 is 13.3 Å². The molecule has 0 atom stereocenters. The molecule has 0 rings (SSSR count). The zero-order valence-corrected chi connectivity index (χ0v) is 16.1. The van der Waals surface area contributed by atoms with E-state index in [-0.39, 0.29) is 5.04 Å². The van der Waals surface area contributed by atoms with Crippen LogP contribution in [0.5, 0.6) is 0 Å². The third-order valence-electron chi connectivity index (χ3n) is 4.06. The average molecular weight is 305 g/mol. The summed E-state index contributed by atoms with van der Waals surface area (Å²) in [6.45, 7) is 21.7. The fourth-order valence-corrected chi connectivity index (χ4v) is 7.47. The summed E-state index contributed by atoms with van der Waals surface area (Å²) in [5.74, 6) is 1.63. The Morgan fingerprint density at radius 1 is 0.750 bits per heavy atom. The van der Waals surface area contributed by atoms with Crippen LogP contribution in [0.15, 0.2) is 0 Å². The summed E-state index contributed by atoms with van der Waals surface area (Å²) in [5.41, 5.74) is 0. The highest BCUT2D eigenvalue weighted by molar-refractivity contribution is 6.64. The third-order valence-corrected chi connectivity index (χ3v) is 7.98. The predicted octanol–water partition coefficient (Wildman–Crippen LogP) is 4.74. The number of hydrogen-bond donors (Lipinski definition) is 0. The van der Waals surface area contributed by atoms with Crippen molar-refractivity contribution in [3.8, 4) is 0 Å². The Kier molecular flexibility index (Phi) is 8.56. The maximum absolute atomic E-state index is 6.15. The van der Waals surface area contributed by atoms with Crippen LogP contribution in [0.4, 0.5) is 0 Å². The van der Waals surface area contributed by atoms with Crippen LogP contribution in [0.2, 0.25) is 5.04 Å². The lowest BCUT2D eigenvalue weighted by Gasteiger charge is -2.48. The van der Waals surface area contributed by atoms with Crippen LogP contribution in [0.3, 0.4) is 0 Å². The lowest BCUT2D eigenvalue weighted by Crippen LogP contribution is -2.58. The smallest absolute Gasteiger partial charge is 0.373 e. The van der Waals surface area contributed by atoms with Crippen molar-refractivity contribution in [2.45, 2.75) is 67.4 Å². The molecule has 0 aliphatic rings. The van der Waals surface area contributed by atoms with E-state index in [1.54, 1.807) is 0 Å². The van der Waals surface area contributed by atoms with Crippen LogP contribution in [-0.4, -0.2) is 28.6 Å². The van der Waals surface area contributed by atoms with Crippen molar-refractivity contribution in [3.05, 3.63) is 0 Å². The number of hydrogen-bond acceptors (Lipinski definition) is 3. The standard InChI is InChI=1S/C16H36O3Si/c1-10-17-20(18-11-2,19-12-3)16(8,9)15(13(4)5)14(6)7/h13-15H,10-12H2,1-9H3. The Hall–Kier alpha value is 0.0969. The van der Waals surface area contributed by atoms with Crippen molar-refractivity contribution in [1.82, 2.24) is 0 Å². The molecule has 0 heterocycles. The van der Waals surface area contributed by atoms with E-state index in [0.29, 0.717) is 37.6 Å². The van der Waals surface area contributed by atoms with Gasteiger partial charge < -0.3 is 13.3 Å². The summed E-state index contributed by atoms with van der Waals surface area (Å²) in [4.78, 5) is 0. The van der Waals surface area contributed by atoms with Gasteiger partial charge in [0.1, 0.15) is 0 Å². The van der Waals surface area contributed by atoms with Gasteiger partial charge >= 0.3 is 8.80 Å². The van der Waals surface area contributed by atoms with Crippen molar-refractivity contribution >= 4 is 8.80 Å². The SMILES string of the molecule is CCO[Si](OCC)(OCC)C(C)(C)C(C(C)C)C(C)C. The van der Waals surface area contributed by atoms with Crippen LogP contribution in [0, 0.1) is 17.8 Å². The molecule has 122 valence electrons. The van der Waals surface area contributed by atoms with Crippen molar-refractivity contribution in [2.24, 2.45) is 17.8 Å². The monoisotopic (exact) mass is 304 g/mol. The highest BCUT2D eigenvalue weighted by atomic mass is 28.4. The first-order valence-corrected chi connectivity index (χ1v) is 9.84. The van der Waals surface area contributed by atoms with Gasteiger partial charge in [-0.15, -0.1) is 0 Å². The van der Waals surface area contributed by atoms with Crippen LogP contribution in [0.25, 0.3) is 0 Å². The van der Waals surface area contributed by atoms with Gasteiger partial charge in [0.05, 0.1) is 0 Å². The largest absolute Gasteiger partial charge is 0.507 e. The molecule has 0 aromatic rings. The van der Waals surface area contributed by atoms with Crippen molar-refractivity contribution in [3.63, 3.8) is 0 Å². The molecule has 0 amide bonds. The van der Waals surface area contributed by atoms with Crippen molar-refractivity contribution in [1.29, 1.82) is 0 Å². The van der Waals surface area contributed by atoms with Gasteiger partial charge in [0, 0.05) is 24.9 Å². The van der Waals surface area contributed by atoms with Gasteiger partial charge in [0.15, 0.2) is 0 Å². The summed E-state index contributed by atoms with van der Waals surface area (Å²) >= 11 is 0. The molecule has 0 bridgehead atoms. The van der Waals surface area contributed by atoms with Crippen molar-refractivity contribution in [2.75, 3.05) is 19.8 Å². The minimum Gasteiger partial charge on any atom is -0.373 e. The van der Waals surface area contributed by atoms with Gasteiger partial charge in [0.2, 0.25) is 0 Å². The van der Waals surface area contributed by atoms with E-state index in [1.807, 2.05) is 20.8 Å². The van der Waals surface area contributed by atoms with E-state index in [2.05, 4.69) is 41.5 Å². The number of rotatable bonds is 10. The molecule has 3 nitrogen and oxygen atoms in total. The highest BCUT2D eigenvalue weighted by Crippen LogP contribution is 2.51. The van der Waals surface area contributed by atoms with E-state index in [0.717, 1.165) is 0 Å². The van der Waals surface area contributed by atoms with Gasteiger partial charge in [-0.05, 0) is 38.5 Å². The normalized spacial score (nSPS) is 13.8. The van der Waals surface area contributed by atoms with Gasteiger partial charge in [-0.1, -0.05) is 41.5 Å². The lowest BCUT2D eigenvalue weighted by molar-refractivity contribution is 0.0234. The van der Waals surface area contributed by atoms with E-state index in [4.69, 9.17) is 13.3 Å². The summed E-state index contributed by atoms with van der Waals surface area (Å²) in [7, 11) is -2.71. The van der Waals surface area contributed by atoms with Crippen LogP contribution < -0.4 is 0 Å². The molecular weight excluding hydrogens is 268 g/mol. The molecule has 0 aromatic heterocycles. The molecule has 20 heavy (non-hydrogen) atoms. The maximum atomic E-state index is 6.15. The van der Waals surface area contributed by atoms with Crippen LogP contribution in [0.1, 0.15) is 62.3 Å². The Bertz CT molecular complexity index is 239. The zero-order chi connectivity index (χ0) is 16.0. The van der Waals surface area contributed by atoms with Gasteiger partial charge in [-0.25, -0.2) is 0 Å². The van der Waals surface area contributed by atoms with Crippen LogP contribution >= 0.6 is 0 Å². The highest BCUT2D eigenvalue weighted by Gasteiger charge is 2.59. The second kappa shape index (κ2) is 8.52. The molecule has 4 heteroatoms. The Morgan fingerprint density at radius 2 is 1.05 bits per heavy atom. The van der Waals surface area contributed by atoms with E-state index >= 15 is 0 Å². The molecule has 0 saturated carbocycles. The minimum atomic E-state index is -2.71. The Labute approximate surface area is 127 Å². The lowest BCUT2D eigenvalue weighted by atomic mass is 9.77. The molecule has 0 spiro atoms. The molecule has 0 aliphatic carbocycles.